The van der Waals surface area contributed by atoms with Crippen molar-refractivity contribution in [3.8, 4) is 0 Å². The van der Waals surface area contributed by atoms with E-state index in [1.54, 1.807) is 36.5 Å². The van der Waals surface area contributed by atoms with Crippen LogP contribution >= 0.6 is 11.3 Å². The van der Waals surface area contributed by atoms with Gasteiger partial charge in [-0.25, -0.2) is 4.98 Å². The Hall–Kier alpha value is -2.93. The highest BCUT2D eigenvalue weighted by molar-refractivity contribution is 7.15. The number of imidazole rings is 1. The first kappa shape index (κ1) is 15.0. The third kappa shape index (κ3) is 3.64. The maximum atomic E-state index is 11.9. The van der Waals surface area contributed by atoms with E-state index in [1.165, 1.54) is 17.4 Å². The van der Waals surface area contributed by atoms with Crippen LogP contribution < -0.4 is 5.32 Å². The lowest BCUT2D eigenvalue weighted by Crippen LogP contribution is -2.08. The zero-order chi connectivity index (χ0) is 16.2. The second kappa shape index (κ2) is 6.45. The SMILES string of the molecule is O=C(O)Cc1ccc(NC(=O)/C=C/c2cnc3sccn23)cc1. The molecule has 116 valence electrons. The quantitative estimate of drug-likeness (QED) is 0.706. The van der Waals surface area contributed by atoms with Gasteiger partial charge in [-0.3, -0.25) is 14.0 Å². The van der Waals surface area contributed by atoms with Gasteiger partial charge in [0.2, 0.25) is 5.91 Å². The van der Waals surface area contributed by atoms with Gasteiger partial charge >= 0.3 is 5.97 Å². The van der Waals surface area contributed by atoms with Crippen molar-refractivity contribution in [2.45, 2.75) is 6.42 Å². The molecule has 0 bridgehead atoms. The van der Waals surface area contributed by atoms with E-state index in [-0.39, 0.29) is 12.3 Å². The number of nitrogens with zero attached hydrogens (tertiary/aromatic N) is 2. The number of nitrogens with one attached hydrogen (secondary N) is 1. The van der Waals surface area contributed by atoms with Crippen molar-refractivity contribution in [3.63, 3.8) is 0 Å². The van der Waals surface area contributed by atoms with Crippen molar-refractivity contribution >= 4 is 39.9 Å². The minimum Gasteiger partial charge on any atom is -0.481 e. The molecule has 2 aromatic heterocycles. The number of rotatable bonds is 5. The third-order valence-electron chi connectivity index (χ3n) is 3.16. The summed E-state index contributed by atoms with van der Waals surface area (Å²) < 4.78 is 1.90. The summed E-state index contributed by atoms with van der Waals surface area (Å²) in [5.74, 6) is -1.15. The number of benzene rings is 1. The third-order valence-corrected chi connectivity index (χ3v) is 3.93. The highest BCUT2D eigenvalue weighted by atomic mass is 32.1. The summed E-state index contributed by atoms with van der Waals surface area (Å²) in [4.78, 5) is 27.6. The minimum atomic E-state index is -0.884. The number of aromatic nitrogens is 2. The Morgan fingerprint density at radius 3 is 2.83 bits per heavy atom. The van der Waals surface area contributed by atoms with Crippen molar-refractivity contribution in [2.24, 2.45) is 0 Å². The molecule has 0 atom stereocenters. The number of fused-ring (bicyclic) bond motifs is 1. The first-order chi connectivity index (χ1) is 11.1. The molecule has 6 nitrogen and oxygen atoms in total. The van der Waals surface area contributed by atoms with Crippen LogP contribution in [0.5, 0.6) is 0 Å². The molecule has 0 spiro atoms. The molecule has 0 saturated carbocycles. The van der Waals surface area contributed by atoms with Gasteiger partial charge in [-0.15, -0.1) is 11.3 Å². The van der Waals surface area contributed by atoms with Gasteiger partial charge in [0.05, 0.1) is 18.3 Å². The number of carbonyl (C=O) groups excluding carboxylic acids is 1. The molecule has 0 aliphatic rings. The largest absolute Gasteiger partial charge is 0.481 e. The summed E-state index contributed by atoms with van der Waals surface area (Å²) >= 11 is 1.53. The lowest BCUT2D eigenvalue weighted by atomic mass is 10.1. The van der Waals surface area contributed by atoms with E-state index < -0.39 is 5.97 Å². The summed E-state index contributed by atoms with van der Waals surface area (Å²) in [7, 11) is 0. The van der Waals surface area contributed by atoms with E-state index in [1.807, 2.05) is 16.0 Å². The molecule has 7 heteroatoms. The first-order valence-corrected chi connectivity index (χ1v) is 7.70. The monoisotopic (exact) mass is 327 g/mol. The number of hydrogen-bond acceptors (Lipinski definition) is 4. The Balaban J connectivity index is 1.64. The fourth-order valence-corrected chi connectivity index (χ4v) is 2.79. The topological polar surface area (TPSA) is 83.7 Å². The van der Waals surface area contributed by atoms with E-state index in [0.717, 1.165) is 10.7 Å². The lowest BCUT2D eigenvalue weighted by molar-refractivity contribution is -0.136. The summed E-state index contributed by atoms with van der Waals surface area (Å²) in [5.41, 5.74) is 2.13. The Morgan fingerprint density at radius 2 is 2.09 bits per heavy atom. The number of carboxylic acid groups (broad SMARTS) is 1. The number of amides is 1. The van der Waals surface area contributed by atoms with Crippen LogP contribution in [0.2, 0.25) is 0 Å². The number of carbonyl (C=O) groups is 2. The highest BCUT2D eigenvalue weighted by Crippen LogP contribution is 2.14. The van der Waals surface area contributed by atoms with Crippen molar-refractivity contribution in [1.29, 1.82) is 0 Å². The van der Waals surface area contributed by atoms with Crippen molar-refractivity contribution in [1.82, 2.24) is 9.38 Å². The van der Waals surface area contributed by atoms with Crippen LogP contribution in [0.25, 0.3) is 11.0 Å². The van der Waals surface area contributed by atoms with Crippen molar-refractivity contribution in [3.05, 3.63) is 59.4 Å². The van der Waals surface area contributed by atoms with Crippen molar-refractivity contribution in [2.75, 3.05) is 5.32 Å². The number of hydrogen-bond donors (Lipinski definition) is 2. The Labute approximate surface area is 135 Å². The molecule has 0 radical (unpaired) electrons. The molecule has 0 aliphatic carbocycles. The second-order valence-electron chi connectivity index (χ2n) is 4.83. The maximum absolute atomic E-state index is 11.9. The molecule has 0 fully saturated rings. The highest BCUT2D eigenvalue weighted by Gasteiger charge is 2.03. The van der Waals surface area contributed by atoms with E-state index in [0.29, 0.717) is 11.3 Å². The Kier molecular flexibility index (Phi) is 4.20. The summed E-state index contributed by atoms with van der Waals surface area (Å²) in [6.45, 7) is 0. The molecule has 0 unspecified atom stereocenters. The van der Waals surface area contributed by atoms with E-state index in [2.05, 4.69) is 10.3 Å². The molecule has 2 heterocycles. The minimum absolute atomic E-state index is 0.0357. The van der Waals surface area contributed by atoms with Gasteiger partial charge in [-0.1, -0.05) is 12.1 Å². The predicted octanol–water partition coefficient (Wildman–Crippen LogP) is 2.67. The van der Waals surface area contributed by atoms with Crippen LogP contribution in [0.15, 0.2) is 48.1 Å². The average Bonchev–Trinajstić information content (AvgIpc) is 3.10. The van der Waals surface area contributed by atoms with E-state index in [9.17, 15) is 9.59 Å². The van der Waals surface area contributed by atoms with Gasteiger partial charge < -0.3 is 10.4 Å². The number of carboxylic acids is 1. The van der Waals surface area contributed by atoms with Crippen molar-refractivity contribution < 1.29 is 14.7 Å². The zero-order valence-electron chi connectivity index (χ0n) is 12.0. The molecule has 1 aromatic carbocycles. The zero-order valence-corrected chi connectivity index (χ0v) is 12.8. The summed E-state index contributed by atoms with van der Waals surface area (Å²) in [6, 6.07) is 6.72. The Morgan fingerprint density at radius 1 is 1.30 bits per heavy atom. The van der Waals surface area contributed by atoms with Gasteiger partial charge in [-0.2, -0.15) is 0 Å². The molecule has 0 aliphatic heterocycles. The van der Waals surface area contributed by atoms with Gasteiger partial charge in [0.15, 0.2) is 4.96 Å². The molecule has 0 saturated heterocycles. The average molecular weight is 327 g/mol. The van der Waals surface area contributed by atoms with Gasteiger partial charge in [0, 0.05) is 23.3 Å². The van der Waals surface area contributed by atoms with Gasteiger partial charge in [-0.05, 0) is 23.8 Å². The van der Waals surface area contributed by atoms with Crippen LogP contribution in [0.4, 0.5) is 5.69 Å². The summed E-state index contributed by atoms with van der Waals surface area (Å²) in [5, 5.41) is 13.4. The predicted molar refractivity (Wildman–Crippen MR) is 88.5 cm³/mol. The number of anilines is 1. The fraction of sp³-hybridized carbons (Fsp3) is 0.0625. The van der Waals surface area contributed by atoms with E-state index >= 15 is 0 Å². The molecule has 23 heavy (non-hydrogen) atoms. The summed E-state index contributed by atoms with van der Waals surface area (Å²) in [6.07, 6.45) is 6.70. The second-order valence-corrected chi connectivity index (χ2v) is 5.70. The molecule has 3 aromatic rings. The van der Waals surface area contributed by atoms with Crippen LogP contribution in [-0.4, -0.2) is 26.4 Å². The van der Waals surface area contributed by atoms with Gasteiger partial charge in [0.1, 0.15) is 0 Å². The smallest absolute Gasteiger partial charge is 0.307 e. The van der Waals surface area contributed by atoms with Crippen LogP contribution in [0.3, 0.4) is 0 Å². The lowest BCUT2D eigenvalue weighted by Gasteiger charge is -2.03. The maximum Gasteiger partial charge on any atom is 0.307 e. The number of aliphatic carboxylic acids is 1. The van der Waals surface area contributed by atoms with Crippen LogP contribution in [0, 0.1) is 0 Å². The standard InChI is InChI=1S/C16H13N3O3S/c20-14(6-5-13-10-17-16-19(13)7-8-23-16)18-12-3-1-11(2-4-12)9-15(21)22/h1-8,10H,9H2,(H,18,20)(H,21,22)/b6-5+. The fourth-order valence-electron chi connectivity index (χ4n) is 2.09. The molecular weight excluding hydrogens is 314 g/mol. The molecule has 2 N–H and O–H groups in total. The normalized spacial score (nSPS) is 11.1. The molecular formula is C16H13N3O3S. The van der Waals surface area contributed by atoms with Crippen LogP contribution in [-0.2, 0) is 16.0 Å². The molecule has 3 rings (SSSR count). The van der Waals surface area contributed by atoms with E-state index in [4.69, 9.17) is 5.11 Å². The molecule has 1 amide bonds. The first-order valence-electron chi connectivity index (χ1n) is 6.82. The van der Waals surface area contributed by atoms with Gasteiger partial charge in [0.25, 0.3) is 0 Å². The Bertz CT molecular complexity index is 878. The van der Waals surface area contributed by atoms with Crippen LogP contribution in [0.1, 0.15) is 11.3 Å². The number of thiazole rings is 1.